The van der Waals surface area contributed by atoms with Gasteiger partial charge < -0.3 is 10.2 Å². The number of amides is 2. The van der Waals surface area contributed by atoms with Crippen LogP contribution in [0.25, 0.3) is 0 Å². The Balaban J connectivity index is 1.54. The summed E-state index contributed by atoms with van der Waals surface area (Å²) in [6.07, 6.45) is 3.29. The summed E-state index contributed by atoms with van der Waals surface area (Å²) in [5.41, 5.74) is 0.199. The molecule has 2 amide bonds. The van der Waals surface area contributed by atoms with Gasteiger partial charge in [0.1, 0.15) is 5.82 Å². The van der Waals surface area contributed by atoms with Crippen LogP contribution >= 0.6 is 15.9 Å². The van der Waals surface area contributed by atoms with Crippen LogP contribution in [0.15, 0.2) is 22.7 Å². The number of piperidine rings is 1. The lowest BCUT2D eigenvalue weighted by molar-refractivity contribution is -0.135. The molecule has 0 unspecified atom stereocenters. The van der Waals surface area contributed by atoms with Crippen LogP contribution in [-0.4, -0.2) is 29.8 Å². The van der Waals surface area contributed by atoms with Crippen LogP contribution in [0.4, 0.5) is 10.1 Å². The van der Waals surface area contributed by atoms with Crippen LogP contribution < -0.4 is 5.32 Å². The first-order chi connectivity index (χ1) is 10.5. The van der Waals surface area contributed by atoms with Crippen molar-refractivity contribution < 1.29 is 14.0 Å². The van der Waals surface area contributed by atoms with Crippen molar-refractivity contribution >= 4 is 33.4 Å². The molecule has 1 saturated heterocycles. The monoisotopic (exact) mass is 368 g/mol. The molecule has 2 aliphatic rings. The Kier molecular flexibility index (Phi) is 4.47. The van der Waals surface area contributed by atoms with Gasteiger partial charge in [-0.15, -0.1) is 0 Å². The van der Waals surface area contributed by atoms with E-state index in [1.165, 1.54) is 6.07 Å². The highest BCUT2D eigenvalue weighted by atomic mass is 79.9. The number of hydrogen-bond donors (Lipinski definition) is 1. The number of nitrogens with zero attached hydrogens (tertiary/aromatic N) is 1. The minimum Gasteiger partial charge on any atom is -0.342 e. The van der Waals surface area contributed by atoms with Crippen LogP contribution in [0.3, 0.4) is 0 Å². The van der Waals surface area contributed by atoms with Crippen molar-refractivity contribution in [3.8, 4) is 0 Å². The molecule has 2 fully saturated rings. The predicted octanol–water partition coefficient (Wildman–Crippen LogP) is 3.18. The van der Waals surface area contributed by atoms with Crippen LogP contribution in [0.1, 0.15) is 25.7 Å². The van der Waals surface area contributed by atoms with Crippen molar-refractivity contribution in [3.63, 3.8) is 0 Å². The highest BCUT2D eigenvalue weighted by Crippen LogP contribution is 2.32. The van der Waals surface area contributed by atoms with E-state index in [1.807, 2.05) is 4.90 Å². The number of carbonyl (C=O) groups is 2. The minimum atomic E-state index is -0.455. The summed E-state index contributed by atoms with van der Waals surface area (Å²) in [6.45, 7) is 1.24. The van der Waals surface area contributed by atoms with Gasteiger partial charge in [0, 0.05) is 29.4 Å². The van der Waals surface area contributed by atoms with E-state index in [4.69, 9.17) is 0 Å². The normalized spacial score (nSPS) is 19.1. The Labute approximate surface area is 137 Å². The lowest BCUT2D eigenvalue weighted by atomic mass is 9.95. The topological polar surface area (TPSA) is 49.4 Å². The molecule has 0 spiro atoms. The van der Waals surface area contributed by atoms with Gasteiger partial charge in [0.25, 0.3) is 0 Å². The standard InChI is InChI=1S/C16H18BrFN2O2/c17-12-3-4-14(13(18)9-12)19-15(21)10-5-7-20(8-6-10)16(22)11-1-2-11/h3-4,9-11H,1-2,5-8H2,(H,19,21). The summed E-state index contributed by atoms with van der Waals surface area (Å²) in [7, 11) is 0. The maximum atomic E-state index is 13.7. The Morgan fingerprint density at radius 2 is 1.82 bits per heavy atom. The molecule has 0 radical (unpaired) electrons. The summed E-state index contributed by atoms with van der Waals surface area (Å²) in [4.78, 5) is 26.1. The third kappa shape index (κ3) is 3.48. The Bertz CT molecular complexity index is 596. The number of anilines is 1. The first-order valence-electron chi connectivity index (χ1n) is 7.59. The molecule has 6 heteroatoms. The number of carbonyl (C=O) groups excluding carboxylic acids is 2. The van der Waals surface area contributed by atoms with E-state index in [9.17, 15) is 14.0 Å². The largest absolute Gasteiger partial charge is 0.342 e. The third-order valence-corrected chi connectivity index (χ3v) is 4.79. The van der Waals surface area contributed by atoms with Crippen molar-refractivity contribution in [2.24, 2.45) is 11.8 Å². The van der Waals surface area contributed by atoms with Crippen LogP contribution in [0.5, 0.6) is 0 Å². The average molecular weight is 369 g/mol. The molecule has 4 nitrogen and oxygen atoms in total. The number of likely N-dealkylation sites (tertiary alicyclic amines) is 1. The van der Waals surface area contributed by atoms with E-state index < -0.39 is 5.82 Å². The fourth-order valence-electron chi connectivity index (χ4n) is 2.78. The summed E-state index contributed by atoms with van der Waals surface area (Å²) >= 11 is 3.19. The van der Waals surface area contributed by atoms with Gasteiger partial charge in [-0.1, -0.05) is 15.9 Å². The molecule has 118 valence electrons. The first-order valence-corrected chi connectivity index (χ1v) is 8.38. The zero-order valence-corrected chi connectivity index (χ0v) is 13.7. The van der Waals surface area contributed by atoms with Crippen molar-refractivity contribution in [2.75, 3.05) is 18.4 Å². The van der Waals surface area contributed by atoms with Crippen molar-refractivity contribution in [1.29, 1.82) is 0 Å². The number of rotatable bonds is 3. The second-order valence-electron chi connectivity index (χ2n) is 5.99. The Morgan fingerprint density at radius 1 is 1.14 bits per heavy atom. The molecule has 3 rings (SSSR count). The maximum absolute atomic E-state index is 13.7. The smallest absolute Gasteiger partial charge is 0.227 e. The van der Waals surface area contributed by atoms with E-state index in [1.54, 1.807) is 12.1 Å². The van der Waals surface area contributed by atoms with Gasteiger partial charge in [0.15, 0.2) is 0 Å². The number of hydrogen-bond acceptors (Lipinski definition) is 2. The van der Waals surface area contributed by atoms with Gasteiger partial charge in [0.05, 0.1) is 5.69 Å². The summed E-state index contributed by atoms with van der Waals surface area (Å²) in [5, 5.41) is 2.65. The van der Waals surface area contributed by atoms with Gasteiger partial charge in [-0.2, -0.15) is 0 Å². The second kappa shape index (κ2) is 6.36. The van der Waals surface area contributed by atoms with Gasteiger partial charge in [-0.05, 0) is 43.9 Å². The SMILES string of the molecule is O=C(Nc1ccc(Br)cc1F)C1CCN(C(=O)C2CC2)CC1. The predicted molar refractivity (Wildman–Crippen MR) is 84.8 cm³/mol. The van der Waals surface area contributed by atoms with Gasteiger partial charge >= 0.3 is 0 Å². The van der Waals surface area contributed by atoms with Crippen LogP contribution in [0, 0.1) is 17.7 Å². The summed E-state index contributed by atoms with van der Waals surface area (Å²) < 4.78 is 14.4. The molecule has 0 aromatic heterocycles. The molecule has 1 aliphatic heterocycles. The van der Waals surface area contributed by atoms with Crippen LogP contribution in [-0.2, 0) is 9.59 Å². The van der Waals surface area contributed by atoms with E-state index in [-0.39, 0.29) is 29.3 Å². The van der Waals surface area contributed by atoms with E-state index in [0.717, 1.165) is 12.8 Å². The molecule has 1 aromatic rings. The van der Waals surface area contributed by atoms with E-state index in [2.05, 4.69) is 21.2 Å². The molecule has 1 saturated carbocycles. The van der Waals surface area contributed by atoms with Gasteiger partial charge in [-0.25, -0.2) is 4.39 Å². The first kappa shape index (κ1) is 15.5. The summed E-state index contributed by atoms with van der Waals surface area (Å²) in [6, 6.07) is 4.56. The molecular formula is C16H18BrFN2O2. The number of halogens is 2. The van der Waals surface area contributed by atoms with Gasteiger partial charge in [0.2, 0.25) is 11.8 Å². The maximum Gasteiger partial charge on any atom is 0.227 e. The summed E-state index contributed by atoms with van der Waals surface area (Å²) in [5.74, 6) is -0.324. The quantitative estimate of drug-likeness (QED) is 0.890. The number of nitrogens with one attached hydrogen (secondary N) is 1. The molecule has 1 aromatic carbocycles. The van der Waals surface area contributed by atoms with Crippen LogP contribution in [0.2, 0.25) is 0 Å². The van der Waals surface area contributed by atoms with Crippen molar-refractivity contribution in [3.05, 3.63) is 28.5 Å². The number of benzene rings is 1. The molecule has 0 bridgehead atoms. The molecule has 1 heterocycles. The Hall–Kier alpha value is -1.43. The highest BCUT2D eigenvalue weighted by Gasteiger charge is 2.36. The van der Waals surface area contributed by atoms with E-state index in [0.29, 0.717) is 30.4 Å². The molecule has 0 atom stereocenters. The zero-order chi connectivity index (χ0) is 15.7. The fourth-order valence-corrected chi connectivity index (χ4v) is 3.11. The molecule has 1 aliphatic carbocycles. The van der Waals surface area contributed by atoms with Gasteiger partial charge in [-0.3, -0.25) is 9.59 Å². The zero-order valence-electron chi connectivity index (χ0n) is 12.1. The fraction of sp³-hybridized carbons (Fsp3) is 0.500. The third-order valence-electron chi connectivity index (χ3n) is 4.29. The lowest BCUT2D eigenvalue weighted by Crippen LogP contribution is -2.42. The van der Waals surface area contributed by atoms with Crippen molar-refractivity contribution in [2.45, 2.75) is 25.7 Å². The lowest BCUT2D eigenvalue weighted by Gasteiger charge is -2.31. The Morgan fingerprint density at radius 3 is 2.41 bits per heavy atom. The molecule has 1 N–H and O–H groups in total. The minimum absolute atomic E-state index is 0.161. The second-order valence-corrected chi connectivity index (χ2v) is 6.90. The highest BCUT2D eigenvalue weighted by molar-refractivity contribution is 9.10. The average Bonchev–Trinajstić information content (AvgIpc) is 3.34. The van der Waals surface area contributed by atoms with Crippen molar-refractivity contribution in [1.82, 2.24) is 4.90 Å². The molecular weight excluding hydrogens is 351 g/mol. The van der Waals surface area contributed by atoms with E-state index >= 15 is 0 Å². The molecule has 22 heavy (non-hydrogen) atoms.